The smallest absolute Gasteiger partial charge is 0.444 e. The van der Waals surface area contributed by atoms with E-state index in [0.717, 1.165) is 22.4 Å². The van der Waals surface area contributed by atoms with Crippen LogP contribution in [0.5, 0.6) is 0 Å². The molecule has 0 aromatic carbocycles. The highest BCUT2D eigenvalue weighted by Gasteiger charge is 2.53. The SMILES string of the molecule is Cc1c(C2CNCCN2C(=O)OC(C)(C)C)csc1B1OC(C)(C)C(C)(C)O1. The summed E-state index contributed by atoms with van der Waals surface area (Å²) in [7, 11) is -0.379. The average Bonchev–Trinajstić information content (AvgIpc) is 3.02. The van der Waals surface area contributed by atoms with Crippen molar-refractivity contribution in [2.24, 2.45) is 0 Å². The molecule has 1 N–H and O–H groups in total. The molecule has 0 radical (unpaired) electrons. The second-order valence-electron chi connectivity index (χ2n) is 9.66. The molecule has 1 unspecified atom stereocenters. The van der Waals surface area contributed by atoms with Gasteiger partial charge in [-0.2, -0.15) is 11.3 Å². The highest BCUT2D eigenvalue weighted by Crippen LogP contribution is 2.38. The summed E-state index contributed by atoms with van der Waals surface area (Å²) in [5, 5.41) is 5.54. The lowest BCUT2D eigenvalue weighted by Gasteiger charge is -2.37. The van der Waals surface area contributed by atoms with E-state index in [0.29, 0.717) is 13.1 Å². The lowest BCUT2D eigenvalue weighted by atomic mass is 9.83. The van der Waals surface area contributed by atoms with Crippen LogP contribution in [0.15, 0.2) is 5.38 Å². The number of thiophene rings is 1. The highest BCUT2D eigenvalue weighted by atomic mass is 32.1. The molecule has 2 aliphatic heterocycles. The van der Waals surface area contributed by atoms with Gasteiger partial charge in [-0.1, -0.05) is 0 Å². The van der Waals surface area contributed by atoms with Crippen molar-refractivity contribution in [1.29, 1.82) is 0 Å². The van der Waals surface area contributed by atoms with Crippen LogP contribution in [0, 0.1) is 6.92 Å². The minimum absolute atomic E-state index is 0.0592. The van der Waals surface area contributed by atoms with Gasteiger partial charge in [-0.3, -0.25) is 4.90 Å². The summed E-state index contributed by atoms with van der Waals surface area (Å²) in [6.45, 7) is 18.1. The molecule has 0 spiro atoms. The van der Waals surface area contributed by atoms with E-state index in [4.69, 9.17) is 14.0 Å². The van der Waals surface area contributed by atoms with Gasteiger partial charge >= 0.3 is 13.2 Å². The quantitative estimate of drug-likeness (QED) is 0.762. The molecule has 0 bridgehead atoms. The molecule has 28 heavy (non-hydrogen) atoms. The zero-order valence-corrected chi connectivity index (χ0v) is 19.2. The third-order valence-corrected chi connectivity index (χ3v) is 6.94. The molecule has 6 nitrogen and oxygen atoms in total. The molecule has 0 saturated carbocycles. The predicted molar refractivity (Wildman–Crippen MR) is 113 cm³/mol. The van der Waals surface area contributed by atoms with Crippen LogP contribution in [0.3, 0.4) is 0 Å². The number of nitrogens with zero attached hydrogens (tertiary/aromatic N) is 1. The maximum absolute atomic E-state index is 12.8. The van der Waals surface area contributed by atoms with E-state index in [2.05, 4.69) is 45.3 Å². The molecule has 3 heterocycles. The number of carbonyl (C=O) groups excluding carboxylic acids is 1. The molecule has 2 saturated heterocycles. The number of hydrogen-bond acceptors (Lipinski definition) is 6. The van der Waals surface area contributed by atoms with Crippen LogP contribution in [0.2, 0.25) is 0 Å². The molecule has 1 atom stereocenters. The van der Waals surface area contributed by atoms with Crippen LogP contribution >= 0.6 is 11.3 Å². The van der Waals surface area contributed by atoms with Crippen molar-refractivity contribution in [2.45, 2.75) is 78.2 Å². The van der Waals surface area contributed by atoms with Crippen LogP contribution in [0.25, 0.3) is 0 Å². The third-order valence-electron chi connectivity index (χ3n) is 5.81. The van der Waals surface area contributed by atoms with Crippen molar-refractivity contribution in [1.82, 2.24) is 10.2 Å². The number of amides is 1. The van der Waals surface area contributed by atoms with Crippen molar-refractivity contribution >= 4 is 29.3 Å². The third kappa shape index (κ3) is 4.11. The first-order chi connectivity index (χ1) is 12.8. The molecule has 3 rings (SSSR count). The summed E-state index contributed by atoms with van der Waals surface area (Å²) in [5.74, 6) is 0. The molecule has 2 aliphatic rings. The van der Waals surface area contributed by atoms with Gasteiger partial charge in [-0.15, -0.1) is 0 Å². The fourth-order valence-electron chi connectivity index (χ4n) is 3.48. The Labute approximate surface area is 173 Å². The van der Waals surface area contributed by atoms with E-state index >= 15 is 0 Å². The summed E-state index contributed by atoms with van der Waals surface area (Å²) < 4.78 is 19.2. The Kier molecular flexibility index (Phi) is 5.64. The van der Waals surface area contributed by atoms with Crippen LogP contribution in [-0.2, 0) is 14.0 Å². The molecule has 8 heteroatoms. The molecule has 156 valence electrons. The molecule has 1 aromatic heterocycles. The number of rotatable bonds is 2. The monoisotopic (exact) mass is 408 g/mol. The fourth-order valence-corrected chi connectivity index (χ4v) is 4.57. The van der Waals surface area contributed by atoms with Crippen LogP contribution in [0.4, 0.5) is 4.79 Å². The molecule has 2 fully saturated rings. The Morgan fingerprint density at radius 2 is 1.89 bits per heavy atom. The zero-order valence-electron chi connectivity index (χ0n) is 18.3. The lowest BCUT2D eigenvalue weighted by molar-refractivity contribution is 0.00578. The van der Waals surface area contributed by atoms with E-state index < -0.39 is 5.60 Å². The van der Waals surface area contributed by atoms with Crippen molar-refractivity contribution in [3.8, 4) is 0 Å². The summed E-state index contributed by atoms with van der Waals surface area (Å²) >= 11 is 1.64. The van der Waals surface area contributed by atoms with E-state index in [-0.39, 0.29) is 30.5 Å². The lowest BCUT2D eigenvalue weighted by Crippen LogP contribution is -2.50. The Morgan fingerprint density at radius 3 is 2.46 bits per heavy atom. The van der Waals surface area contributed by atoms with E-state index in [1.54, 1.807) is 11.3 Å². The van der Waals surface area contributed by atoms with Gasteiger partial charge in [0, 0.05) is 24.4 Å². The first-order valence-electron chi connectivity index (χ1n) is 9.96. The Bertz CT molecular complexity index is 725. The van der Waals surface area contributed by atoms with Gasteiger partial charge in [0.1, 0.15) is 5.60 Å². The van der Waals surface area contributed by atoms with Gasteiger partial charge in [0.2, 0.25) is 0 Å². The van der Waals surface area contributed by atoms with Gasteiger partial charge in [-0.25, -0.2) is 4.79 Å². The van der Waals surface area contributed by atoms with E-state index in [1.165, 1.54) is 0 Å². The molecule has 1 aromatic rings. The van der Waals surface area contributed by atoms with Gasteiger partial charge < -0.3 is 19.4 Å². The molecular weight excluding hydrogens is 375 g/mol. The van der Waals surface area contributed by atoms with Crippen LogP contribution in [0.1, 0.15) is 65.6 Å². The summed E-state index contributed by atoms with van der Waals surface area (Å²) in [6, 6.07) is -0.0592. The number of nitrogens with one attached hydrogen (secondary N) is 1. The number of hydrogen-bond donors (Lipinski definition) is 1. The number of piperazine rings is 1. The summed E-state index contributed by atoms with van der Waals surface area (Å²) in [6.07, 6.45) is -0.262. The maximum atomic E-state index is 12.8. The normalized spacial score (nSPS) is 24.5. The first kappa shape index (κ1) is 21.6. The number of carbonyl (C=O) groups is 1. The fraction of sp³-hybridized carbons (Fsp3) is 0.750. The second-order valence-corrected chi connectivity index (χ2v) is 10.6. The Balaban J connectivity index is 1.85. The Morgan fingerprint density at radius 1 is 1.29 bits per heavy atom. The molecule has 0 aliphatic carbocycles. The second kappa shape index (κ2) is 7.31. The maximum Gasteiger partial charge on any atom is 0.505 e. The van der Waals surface area contributed by atoms with Gasteiger partial charge in [0.15, 0.2) is 0 Å². The van der Waals surface area contributed by atoms with Gasteiger partial charge in [0.05, 0.1) is 17.2 Å². The van der Waals surface area contributed by atoms with Gasteiger partial charge in [0.25, 0.3) is 0 Å². The largest absolute Gasteiger partial charge is 0.505 e. The highest BCUT2D eigenvalue weighted by molar-refractivity contribution is 7.21. The van der Waals surface area contributed by atoms with Crippen molar-refractivity contribution < 1.29 is 18.8 Å². The van der Waals surface area contributed by atoms with Crippen molar-refractivity contribution in [3.05, 3.63) is 16.5 Å². The van der Waals surface area contributed by atoms with Gasteiger partial charge in [-0.05, 0) is 71.9 Å². The van der Waals surface area contributed by atoms with Crippen LogP contribution < -0.4 is 10.1 Å². The van der Waals surface area contributed by atoms with E-state index in [1.807, 2.05) is 25.7 Å². The summed E-state index contributed by atoms with van der Waals surface area (Å²) in [5.41, 5.74) is 1.01. The predicted octanol–water partition coefficient (Wildman–Crippen LogP) is 3.24. The topological polar surface area (TPSA) is 60.0 Å². The average molecular weight is 408 g/mol. The van der Waals surface area contributed by atoms with Crippen molar-refractivity contribution in [3.63, 3.8) is 0 Å². The Hall–Kier alpha value is -1.09. The van der Waals surface area contributed by atoms with E-state index in [9.17, 15) is 4.79 Å². The zero-order chi connectivity index (χ0) is 20.9. The number of ether oxygens (including phenoxy) is 1. The van der Waals surface area contributed by atoms with Crippen molar-refractivity contribution in [2.75, 3.05) is 19.6 Å². The first-order valence-corrected chi connectivity index (χ1v) is 10.8. The summed E-state index contributed by atoms with van der Waals surface area (Å²) in [4.78, 5) is 14.6. The minimum Gasteiger partial charge on any atom is -0.444 e. The molecular formula is C20H33BN2O4S. The standard InChI is InChI=1S/C20H33BN2O4S/c1-13-14(12-28-16(13)21-26-19(5,6)20(7,8)27-21)15-11-22-9-10-23(15)17(24)25-18(2,3)4/h12,15,22H,9-11H2,1-8H3. The minimum atomic E-state index is -0.510. The molecule has 1 amide bonds. The van der Waals surface area contributed by atoms with Crippen LogP contribution in [-0.4, -0.2) is 54.5 Å².